The van der Waals surface area contributed by atoms with E-state index in [0.717, 1.165) is 12.8 Å². The molecule has 1 saturated heterocycles. The maximum atomic E-state index is 12.0. The van der Waals surface area contributed by atoms with Gasteiger partial charge in [0.2, 0.25) is 0 Å². The highest BCUT2D eigenvalue weighted by Crippen LogP contribution is 2.17. The minimum atomic E-state index is -0.147. The molecule has 0 saturated carbocycles. The Morgan fingerprint density at radius 2 is 2.20 bits per heavy atom. The van der Waals surface area contributed by atoms with Crippen molar-refractivity contribution in [2.75, 3.05) is 13.2 Å². The maximum Gasteiger partial charge on any atom is 0.282 e. The molecule has 15 heavy (non-hydrogen) atoms. The number of hydrogen-bond acceptors (Lipinski definition) is 4. The van der Waals surface area contributed by atoms with Crippen molar-refractivity contribution >= 4 is 5.91 Å². The normalized spacial score (nSPS) is 16.8. The fourth-order valence-corrected chi connectivity index (χ4v) is 1.67. The molecule has 1 aromatic heterocycles. The van der Waals surface area contributed by atoms with E-state index in [0.29, 0.717) is 30.2 Å². The quantitative estimate of drug-likeness (QED) is 0.704. The van der Waals surface area contributed by atoms with E-state index in [-0.39, 0.29) is 5.91 Å². The third kappa shape index (κ3) is 1.87. The van der Waals surface area contributed by atoms with Gasteiger partial charge >= 0.3 is 0 Å². The molecule has 0 N–H and O–H groups in total. The standard InChI is InChI=1S/C10H14N2O3/c1-7-9(8(2)15-11-7)10(13)12-5-3-4-6-14-12/h3-6H2,1-2H3. The summed E-state index contributed by atoms with van der Waals surface area (Å²) < 4.78 is 4.95. The zero-order chi connectivity index (χ0) is 10.8. The van der Waals surface area contributed by atoms with Crippen molar-refractivity contribution in [3.63, 3.8) is 0 Å². The van der Waals surface area contributed by atoms with Crippen LogP contribution in [-0.2, 0) is 4.84 Å². The molecule has 0 radical (unpaired) electrons. The summed E-state index contributed by atoms with van der Waals surface area (Å²) in [6, 6.07) is 0. The van der Waals surface area contributed by atoms with E-state index in [1.54, 1.807) is 13.8 Å². The SMILES string of the molecule is Cc1noc(C)c1C(=O)N1CCCCO1. The lowest BCUT2D eigenvalue weighted by Gasteiger charge is -2.25. The van der Waals surface area contributed by atoms with Crippen molar-refractivity contribution in [2.45, 2.75) is 26.7 Å². The average molecular weight is 210 g/mol. The second-order valence-electron chi connectivity index (χ2n) is 3.65. The first-order valence-corrected chi connectivity index (χ1v) is 5.08. The lowest BCUT2D eigenvalue weighted by molar-refractivity contribution is -0.144. The number of carbonyl (C=O) groups excluding carboxylic acids is 1. The fourth-order valence-electron chi connectivity index (χ4n) is 1.67. The van der Waals surface area contributed by atoms with Crippen molar-refractivity contribution in [2.24, 2.45) is 0 Å². The first kappa shape index (κ1) is 10.2. The monoisotopic (exact) mass is 210 g/mol. The maximum absolute atomic E-state index is 12.0. The Morgan fingerprint density at radius 1 is 1.40 bits per heavy atom. The van der Waals surface area contributed by atoms with Crippen molar-refractivity contribution in [1.82, 2.24) is 10.2 Å². The van der Waals surface area contributed by atoms with Gasteiger partial charge in [-0.3, -0.25) is 9.63 Å². The predicted molar refractivity (Wildman–Crippen MR) is 52.2 cm³/mol. The molecule has 82 valence electrons. The van der Waals surface area contributed by atoms with Crippen LogP contribution in [0.5, 0.6) is 0 Å². The van der Waals surface area contributed by atoms with Crippen LogP contribution in [0.15, 0.2) is 4.52 Å². The van der Waals surface area contributed by atoms with Crippen LogP contribution in [0.25, 0.3) is 0 Å². The molecule has 5 nitrogen and oxygen atoms in total. The van der Waals surface area contributed by atoms with Gasteiger partial charge in [0.05, 0.1) is 12.3 Å². The summed E-state index contributed by atoms with van der Waals surface area (Å²) in [5.74, 6) is 0.401. The van der Waals surface area contributed by atoms with Crippen molar-refractivity contribution in [3.8, 4) is 0 Å². The minimum absolute atomic E-state index is 0.147. The van der Waals surface area contributed by atoms with Crippen LogP contribution in [0.1, 0.15) is 34.7 Å². The van der Waals surface area contributed by atoms with E-state index in [2.05, 4.69) is 5.16 Å². The van der Waals surface area contributed by atoms with Gasteiger partial charge in [0.1, 0.15) is 11.3 Å². The smallest absolute Gasteiger partial charge is 0.282 e. The third-order valence-electron chi connectivity index (χ3n) is 2.48. The Morgan fingerprint density at radius 3 is 2.73 bits per heavy atom. The van der Waals surface area contributed by atoms with E-state index in [4.69, 9.17) is 9.36 Å². The highest BCUT2D eigenvalue weighted by molar-refractivity contribution is 5.95. The lowest BCUT2D eigenvalue weighted by atomic mass is 10.2. The van der Waals surface area contributed by atoms with Crippen LogP contribution >= 0.6 is 0 Å². The van der Waals surface area contributed by atoms with E-state index in [1.807, 2.05) is 0 Å². The van der Waals surface area contributed by atoms with Crippen LogP contribution in [0, 0.1) is 13.8 Å². The van der Waals surface area contributed by atoms with Crippen molar-refractivity contribution in [1.29, 1.82) is 0 Å². The summed E-state index contributed by atoms with van der Waals surface area (Å²) in [5, 5.41) is 5.15. The Kier molecular flexibility index (Phi) is 2.73. The minimum Gasteiger partial charge on any atom is -0.361 e. The van der Waals surface area contributed by atoms with Crippen molar-refractivity contribution < 1.29 is 14.2 Å². The Labute approximate surface area is 87.9 Å². The molecule has 1 aliphatic heterocycles. The summed E-state index contributed by atoms with van der Waals surface area (Å²) >= 11 is 0. The highest BCUT2D eigenvalue weighted by atomic mass is 16.7. The molecule has 0 unspecified atom stereocenters. The summed E-state index contributed by atoms with van der Waals surface area (Å²) in [6.07, 6.45) is 1.99. The molecule has 0 atom stereocenters. The van der Waals surface area contributed by atoms with Gasteiger partial charge in [-0.05, 0) is 26.7 Å². The highest BCUT2D eigenvalue weighted by Gasteiger charge is 2.25. The molecule has 1 aromatic rings. The van der Waals surface area contributed by atoms with Gasteiger partial charge in [0, 0.05) is 6.54 Å². The molecule has 0 aliphatic carbocycles. The molecule has 0 spiro atoms. The molecule has 1 aliphatic rings. The molecule has 1 amide bonds. The molecular weight excluding hydrogens is 196 g/mol. The Bertz CT molecular complexity index is 347. The first-order chi connectivity index (χ1) is 7.20. The van der Waals surface area contributed by atoms with Gasteiger partial charge in [0.15, 0.2) is 0 Å². The number of hydrogen-bond donors (Lipinski definition) is 0. The van der Waals surface area contributed by atoms with Gasteiger partial charge in [-0.15, -0.1) is 0 Å². The number of carbonyl (C=O) groups is 1. The van der Waals surface area contributed by atoms with Crippen LogP contribution in [-0.4, -0.2) is 29.3 Å². The Balaban J connectivity index is 2.19. The number of hydroxylamine groups is 2. The van der Waals surface area contributed by atoms with Crippen LogP contribution in [0.3, 0.4) is 0 Å². The molecule has 2 heterocycles. The van der Waals surface area contributed by atoms with E-state index in [1.165, 1.54) is 5.06 Å². The van der Waals surface area contributed by atoms with E-state index < -0.39 is 0 Å². The summed E-state index contributed by atoms with van der Waals surface area (Å²) in [5.41, 5.74) is 1.14. The van der Waals surface area contributed by atoms with E-state index >= 15 is 0 Å². The van der Waals surface area contributed by atoms with Crippen molar-refractivity contribution in [3.05, 3.63) is 17.0 Å². The number of aromatic nitrogens is 1. The summed E-state index contributed by atoms with van der Waals surface area (Å²) in [7, 11) is 0. The molecule has 5 heteroatoms. The van der Waals surface area contributed by atoms with Gasteiger partial charge in [-0.25, -0.2) is 5.06 Å². The third-order valence-corrected chi connectivity index (χ3v) is 2.48. The topological polar surface area (TPSA) is 55.6 Å². The first-order valence-electron chi connectivity index (χ1n) is 5.08. The van der Waals surface area contributed by atoms with Crippen LogP contribution in [0.4, 0.5) is 0 Å². The van der Waals surface area contributed by atoms with Gasteiger partial charge in [-0.2, -0.15) is 0 Å². The Hall–Kier alpha value is -1.36. The number of rotatable bonds is 1. The molecule has 2 rings (SSSR count). The molecule has 0 aromatic carbocycles. The van der Waals surface area contributed by atoms with Gasteiger partial charge in [0.25, 0.3) is 5.91 Å². The zero-order valence-electron chi connectivity index (χ0n) is 8.95. The largest absolute Gasteiger partial charge is 0.361 e. The number of amides is 1. The van der Waals surface area contributed by atoms with Crippen LogP contribution in [0.2, 0.25) is 0 Å². The van der Waals surface area contributed by atoms with Gasteiger partial charge < -0.3 is 4.52 Å². The second kappa shape index (κ2) is 4.02. The van der Waals surface area contributed by atoms with E-state index in [9.17, 15) is 4.79 Å². The second-order valence-corrected chi connectivity index (χ2v) is 3.65. The zero-order valence-corrected chi connectivity index (χ0v) is 8.95. The number of aryl methyl sites for hydroxylation is 2. The molecule has 0 bridgehead atoms. The average Bonchev–Trinajstić information content (AvgIpc) is 2.59. The molecule has 1 fully saturated rings. The fraction of sp³-hybridized carbons (Fsp3) is 0.600. The summed E-state index contributed by atoms with van der Waals surface area (Å²) in [4.78, 5) is 17.3. The lowest BCUT2D eigenvalue weighted by Crippen LogP contribution is -2.36. The molecular formula is C10H14N2O3. The van der Waals surface area contributed by atoms with Gasteiger partial charge in [-0.1, -0.05) is 5.16 Å². The summed E-state index contributed by atoms with van der Waals surface area (Å²) in [6.45, 7) is 4.74. The van der Waals surface area contributed by atoms with Crippen LogP contribution < -0.4 is 0 Å². The number of nitrogens with zero attached hydrogens (tertiary/aromatic N) is 2. The predicted octanol–water partition coefficient (Wildman–Crippen LogP) is 1.46.